The standard InChI is InChI=1S/C19H22O6.C13H21NO5.C3H4O/c1-23-17-11-14(10-16(20)19(17)24-2)7-3-5-13-6-4-8-15(9-13)25-12-18(21)22;1-13(2,8-19-3)10(15)11(16)14-7-5-4-6-9(14)12(17)18;1-2-3-4/h4,6,8-11,20H,3,5,7,12H2,1-2H3,(H,21,22);9H,4-8H2,1-3H3,(H,17,18);2-3H,1H2. The number of carboxylic acids is 2. The van der Waals surface area contributed by atoms with Gasteiger partial charge in [0.25, 0.3) is 5.91 Å². The zero-order valence-corrected chi connectivity index (χ0v) is 28.2. The number of Topliss-reactive ketones (excluding diaryl/α,β-unsaturated/α-hetero) is 1. The molecule has 0 saturated carbocycles. The van der Waals surface area contributed by atoms with Crippen LogP contribution in [0.4, 0.5) is 0 Å². The van der Waals surface area contributed by atoms with E-state index >= 15 is 0 Å². The largest absolute Gasteiger partial charge is 0.504 e. The fraction of sp³-hybridized carbons (Fsp3) is 0.457. The van der Waals surface area contributed by atoms with E-state index in [0.29, 0.717) is 36.5 Å². The average molecular weight is 674 g/mol. The molecule has 2 aromatic rings. The van der Waals surface area contributed by atoms with E-state index < -0.39 is 35.1 Å². The van der Waals surface area contributed by atoms with Crippen LogP contribution in [0.15, 0.2) is 49.1 Å². The van der Waals surface area contributed by atoms with Crippen LogP contribution in [0, 0.1) is 5.41 Å². The van der Waals surface area contributed by atoms with E-state index in [9.17, 15) is 24.3 Å². The van der Waals surface area contributed by atoms with Crippen LogP contribution in [0.2, 0.25) is 0 Å². The van der Waals surface area contributed by atoms with E-state index in [1.807, 2.05) is 24.3 Å². The van der Waals surface area contributed by atoms with E-state index in [0.717, 1.165) is 43.2 Å². The van der Waals surface area contributed by atoms with Gasteiger partial charge in [0, 0.05) is 13.7 Å². The Kier molecular flexibility index (Phi) is 18.0. The highest BCUT2D eigenvalue weighted by atomic mass is 16.5. The Bertz CT molecular complexity index is 1380. The Morgan fingerprint density at radius 1 is 1.00 bits per heavy atom. The Labute approximate surface area is 281 Å². The van der Waals surface area contributed by atoms with E-state index in [1.165, 1.54) is 32.3 Å². The van der Waals surface area contributed by atoms with E-state index in [-0.39, 0.29) is 19.0 Å². The van der Waals surface area contributed by atoms with Crippen molar-refractivity contribution >= 4 is 29.9 Å². The third-order valence-electron chi connectivity index (χ3n) is 7.17. The zero-order chi connectivity index (χ0) is 36.3. The summed E-state index contributed by atoms with van der Waals surface area (Å²) in [6.45, 7) is 6.45. The molecule has 3 N–H and O–H groups in total. The summed E-state index contributed by atoms with van der Waals surface area (Å²) in [7, 11) is 4.47. The quantitative estimate of drug-likeness (QED) is 0.140. The van der Waals surface area contributed by atoms with Crippen LogP contribution in [0.3, 0.4) is 0 Å². The maximum absolute atomic E-state index is 12.2. The number of carboxylic acid groups (broad SMARTS) is 2. The number of aromatic hydroxyl groups is 1. The minimum atomic E-state index is -1.05. The molecule has 1 aliphatic rings. The summed E-state index contributed by atoms with van der Waals surface area (Å²) in [4.78, 5) is 56.3. The predicted octanol–water partition coefficient (Wildman–Crippen LogP) is 4.11. The highest BCUT2D eigenvalue weighted by Crippen LogP contribution is 2.37. The smallest absolute Gasteiger partial charge is 0.341 e. The van der Waals surface area contributed by atoms with Gasteiger partial charge in [0.1, 0.15) is 18.1 Å². The number of carbonyl (C=O) groups excluding carboxylic acids is 3. The molecule has 48 heavy (non-hydrogen) atoms. The van der Waals surface area contributed by atoms with Crippen molar-refractivity contribution < 1.29 is 58.2 Å². The Balaban J connectivity index is 0.000000445. The van der Waals surface area contributed by atoms with Crippen molar-refractivity contribution in [3.05, 3.63) is 60.2 Å². The van der Waals surface area contributed by atoms with Gasteiger partial charge in [-0.1, -0.05) is 32.6 Å². The lowest BCUT2D eigenvalue weighted by molar-refractivity contribution is -0.158. The molecule has 1 aliphatic heterocycles. The van der Waals surface area contributed by atoms with Gasteiger partial charge in [-0.25, -0.2) is 9.59 Å². The topological polar surface area (TPSA) is 186 Å². The first-order valence-corrected chi connectivity index (χ1v) is 15.3. The predicted molar refractivity (Wildman–Crippen MR) is 177 cm³/mol. The first kappa shape index (κ1) is 41.1. The molecule has 1 saturated heterocycles. The van der Waals surface area contributed by atoms with Gasteiger partial charge in [-0.15, -0.1) is 0 Å². The van der Waals surface area contributed by atoms with E-state index in [1.54, 1.807) is 26.0 Å². The number of hydrogen-bond acceptors (Lipinski definition) is 10. The molecule has 1 unspecified atom stereocenters. The number of piperidine rings is 1. The lowest BCUT2D eigenvalue weighted by atomic mass is 9.87. The molecule has 0 aromatic heterocycles. The number of methoxy groups -OCH3 is 3. The van der Waals surface area contributed by atoms with Gasteiger partial charge in [0.15, 0.2) is 18.1 Å². The molecule has 264 valence electrons. The van der Waals surface area contributed by atoms with Crippen molar-refractivity contribution in [1.82, 2.24) is 4.90 Å². The van der Waals surface area contributed by atoms with Gasteiger partial charge < -0.3 is 39.2 Å². The fourth-order valence-electron chi connectivity index (χ4n) is 4.85. The summed E-state index contributed by atoms with van der Waals surface area (Å²) >= 11 is 0. The number of benzene rings is 2. The normalized spacial score (nSPS) is 13.8. The second kappa shape index (κ2) is 21.1. The van der Waals surface area contributed by atoms with Crippen LogP contribution in [-0.2, 0) is 41.6 Å². The average Bonchev–Trinajstić information content (AvgIpc) is 3.07. The number of ketones is 1. The molecule has 1 fully saturated rings. The highest BCUT2D eigenvalue weighted by molar-refractivity contribution is 6.38. The molecule has 1 amide bonds. The van der Waals surface area contributed by atoms with Crippen LogP contribution in [-0.4, -0.2) is 97.3 Å². The Morgan fingerprint density at radius 3 is 2.23 bits per heavy atom. The molecule has 0 spiro atoms. The number of aliphatic carboxylic acids is 2. The lowest BCUT2D eigenvalue weighted by Gasteiger charge is -2.34. The number of aryl methyl sites for hydroxylation is 2. The summed E-state index contributed by atoms with van der Waals surface area (Å²) in [5.74, 6) is -1.93. The van der Waals surface area contributed by atoms with Gasteiger partial charge in [-0.3, -0.25) is 14.4 Å². The highest BCUT2D eigenvalue weighted by Gasteiger charge is 2.40. The van der Waals surface area contributed by atoms with Gasteiger partial charge >= 0.3 is 11.9 Å². The van der Waals surface area contributed by atoms with Crippen LogP contribution in [0.1, 0.15) is 50.7 Å². The van der Waals surface area contributed by atoms with Crippen LogP contribution in [0.5, 0.6) is 23.0 Å². The number of rotatable bonds is 15. The second-order valence-corrected chi connectivity index (χ2v) is 11.4. The molecule has 13 heteroatoms. The Hall–Kier alpha value is -4.91. The fourth-order valence-corrected chi connectivity index (χ4v) is 4.85. The molecule has 13 nitrogen and oxygen atoms in total. The number of amides is 1. The molecular formula is C35H47NO12. The van der Waals surface area contributed by atoms with Crippen molar-refractivity contribution in [2.75, 3.05) is 41.1 Å². The van der Waals surface area contributed by atoms with Crippen molar-refractivity contribution in [2.45, 2.75) is 58.4 Å². The number of phenols is 1. The molecular weight excluding hydrogens is 626 g/mol. The molecule has 0 aliphatic carbocycles. The molecule has 2 aromatic carbocycles. The summed E-state index contributed by atoms with van der Waals surface area (Å²) in [5, 5.41) is 27.8. The monoisotopic (exact) mass is 673 g/mol. The first-order valence-electron chi connectivity index (χ1n) is 15.3. The summed E-state index contributed by atoms with van der Waals surface area (Å²) in [6, 6.07) is 10.0. The number of nitrogens with zero attached hydrogens (tertiary/aromatic N) is 1. The summed E-state index contributed by atoms with van der Waals surface area (Å²) in [6.07, 6.45) is 6.15. The van der Waals surface area contributed by atoms with Gasteiger partial charge in [-0.05, 0) is 80.0 Å². The van der Waals surface area contributed by atoms with Crippen LogP contribution in [0.25, 0.3) is 0 Å². The number of hydrogen-bond donors (Lipinski definition) is 3. The van der Waals surface area contributed by atoms with E-state index in [2.05, 4.69) is 6.58 Å². The van der Waals surface area contributed by atoms with E-state index in [4.69, 9.17) is 34.0 Å². The molecule has 0 bridgehead atoms. The minimum Gasteiger partial charge on any atom is -0.504 e. The number of ether oxygens (including phenoxy) is 4. The number of likely N-dealkylation sites (tertiary alicyclic amines) is 1. The molecule has 1 heterocycles. The maximum atomic E-state index is 12.2. The number of allylic oxidation sites excluding steroid dienone is 1. The third kappa shape index (κ3) is 13.4. The summed E-state index contributed by atoms with van der Waals surface area (Å²) < 4.78 is 20.5. The number of carbonyl (C=O) groups is 5. The molecule has 0 radical (unpaired) electrons. The van der Waals surface area contributed by atoms with Gasteiger partial charge in [0.2, 0.25) is 11.5 Å². The first-order chi connectivity index (χ1) is 22.8. The van der Waals surface area contributed by atoms with Crippen molar-refractivity contribution in [1.29, 1.82) is 0 Å². The van der Waals surface area contributed by atoms with Crippen LogP contribution < -0.4 is 14.2 Å². The van der Waals surface area contributed by atoms with Crippen LogP contribution >= 0.6 is 0 Å². The lowest BCUT2D eigenvalue weighted by Crippen LogP contribution is -2.53. The van der Waals surface area contributed by atoms with Gasteiger partial charge in [0.05, 0.1) is 26.2 Å². The van der Waals surface area contributed by atoms with Crippen molar-refractivity contribution in [3.63, 3.8) is 0 Å². The van der Waals surface area contributed by atoms with Crippen molar-refractivity contribution in [3.8, 4) is 23.0 Å². The van der Waals surface area contributed by atoms with Crippen molar-refractivity contribution in [2.24, 2.45) is 5.41 Å². The summed E-state index contributed by atoms with van der Waals surface area (Å²) in [5.41, 5.74) is 1.08. The SMILES string of the molecule is C=CC=O.COCC(C)(C)C(=O)C(=O)N1CCCCC1C(=O)O.COc1cc(CCCc2cccc(OCC(=O)O)c2)cc(O)c1OC. The number of phenolic OH excluding ortho intramolecular Hbond substituents is 1. The number of aldehydes is 1. The molecule has 3 rings (SSSR count). The minimum absolute atomic E-state index is 0.0564. The molecule has 1 atom stereocenters. The Morgan fingerprint density at radius 2 is 1.67 bits per heavy atom. The third-order valence-corrected chi connectivity index (χ3v) is 7.17. The maximum Gasteiger partial charge on any atom is 0.341 e. The van der Waals surface area contributed by atoms with Gasteiger partial charge in [-0.2, -0.15) is 0 Å². The zero-order valence-electron chi connectivity index (χ0n) is 28.2. The second-order valence-electron chi connectivity index (χ2n) is 11.4.